The number of hydrogen-bond donors (Lipinski definition) is 3. The van der Waals surface area contributed by atoms with E-state index < -0.39 is 0 Å². The second-order valence-corrected chi connectivity index (χ2v) is 4.15. The first-order chi connectivity index (χ1) is 7.74. The molecule has 0 aliphatic carbocycles. The fraction of sp³-hybridized carbons (Fsp3) is 0.364. The van der Waals surface area contributed by atoms with Gasteiger partial charge in [0, 0.05) is 6.42 Å². The van der Waals surface area contributed by atoms with Crippen molar-refractivity contribution in [2.45, 2.75) is 25.4 Å². The van der Waals surface area contributed by atoms with Gasteiger partial charge in [-0.3, -0.25) is 0 Å². The van der Waals surface area contributed by atoms with Crippen molar-refractivity contribution >= 4 is 17.3 Å². The van der Waals surface area contributed by atoms with Crippen molar-refractivity contribution < 1.29 is 4.74 Å². The molecular weight excluding hydrogens is 222 g/mol. The van der Waals surface area contributed by atoms with Crippen molar-refractivity contribution in [1.29, 1.82) is 0 Å². The molecule has 0 saturated carbocycles. The van der Waals surface area contributed by atoms with Gasteiger partial charge >= 0.3 is 0 Å². The highest BCUT2D eigenvalue weighted by atomic mass is 32.1. The monoisotopic (exact) mass is 237 g/mol. The molecule has 2 atom stereocenters. The second-order valence-electron chi connectivity index (χ2n) is 3.75. The lowest BCUT2D eigenvalue weighted by molar-refractivity contribution is 0.0137. The summed E-state index contributed by atoms with van der Waals surface area (Å²) < 4.78 is 5.69. The minimum absolute atomic E-state index is 0.107. The van der Waals surface area contributed by atoms with Crippen molar-refractivity contribution in [1.82, 2.24) is 10.6 Å². The summed E-state index contributed by atoms with van der Waals surface area (Å²) in [5.41, 5.74) is 6.91. The molecule has 4 nitrogen and oxygen atoms in total. The summed E-state index contributed by atoms with van der Waals surface area (Å²) in [5, 5.41) is 6.51. The van der Waals surface area contributed by atoms with Crippen LogP contribution in [0.5, 0.6) is 0 Å². The normalized spacial score (nSPS) is 24.7. The van der Waals surface area contributed by atoms with Crippen LogP contribution in [0.4, 0.5) is 0 Å². The molecule has 2 rings (SSSR count). The van der Waals surface area contributed by atoms with Crippen LogP contribution >= 0.6 is 12.2 Å². The molecule has 1 heterocycles. The van der Waals surface area contributed by atoms with E-state index in [2.05, 4.69) is 10.6 Å². The fourth-order valence-corrected chi connectivity index (χ4v) is 1.87. The van der Waals surface area contributed by atoms with Gasteiger partial charge in [-0.1, -0.05) is 30.3 Å². The van der Waals surface area contributed by atoms with Crippen molar-refractivity contribution in [3.8, 4) is 0 Å². The average molecular weight is 237 g/mol. The van der Waals surface area contributed by atoms with E-state index in [-0.39, 0.29) is 12.4 Å². The molecule has 2 unspecified atom stereocenters. The van der Waals surface area contributed by atoms with Gasteiger partial charge in [0.15, 0.2) is 5.11 Å². The molecule has 1 aliphatic rings. The summed E-state index contributed by atoms with van der Waals surface area (Å²) in [5.74, 6) is 0. The number of benzene rings is 1. The average Bonchev–Trinajstić information content (AvgIpc) is 2.27. The minimum atomic E-state index is -0.130. The number of hydrogen-bond acceptors (Lipinski definition) is 3. The second kappa shape index (κ2) is 5.25. The summed E-state index contributed by atoms with van der Waals surface area (Å²) in [4.78, 5) is 0. The lowest BCUT2D eigenvalue weighted by Gasteiger charge is -2.30. The quantitative estimate of drug-likeness (QED) is 0.675. The Bertz CT molecular complexity index is 358. The van der Waals surface area contributed by atoms with Crippen LogP contribution in [0.25, 0.3) is 0 Å². The van der Waals surface area contributed by atoms with Gasteiger partial charge in [-0.05, 0) is 17.8 Å². The Kier molecular flexibility index (Phi) is 3.71. The first kappa shape index (κ1) is 11.3. The zero-order valence-corrected chi connectivity index (χ0v) is 9.67. The fourth-order valence-electron chi connectivity index (χ4n) is 1.59. The lowest BCUT2D eigenvalue weighted by Crippen LogP contribution is -2.58. The van der Waals surface area contributed by atoms with Gasteiger partial charge in [-0.15, -0.1) is 0 Å². The van der Waals surface area contributed by atoms with Gasteiger partial charge in [0.05, 0.1) is 12.8 Å². The Hall–Kier alpha value is -1.17. The summed E-state index contributed by atoms with van der Waals surface area (Å²) >= 11 is 5.01. The van der Waals surface area contributed by atoms with Crippen LogP contribution in [0.3, 0.4) is 0 Å². The van der Waals surface area contributed by atoms with Crippen molar-refractivity contribution in [2.24, 2.45) is 5.73 Å². The molecule has 1 saturated heterocycles. The van der Waals surface area contributed by atoms with Gasteiger partial charge < -0.3 is 21.1 Å². The maximum absolute atomic E-state index is 5.77. The van der Waals surface area contributed by atoms with E-state index in [1.165, 1.54) is 0 Å². The van der Waals surface area contributed by atoms with Crippen LogP contribution in [0.15, 0.2) is 30.3 Å². The van der Waals surface area contributed by atoms with E-state index in [1.807, 2.05) is 30.3 Å². The Morgan fingerprint density at radius 3 is 2.75 bits per heavy atom. The predicted molar refractivity (Wildman–Crippen MR) is 66.5 cm³/mol. The Labute approximate surface area is 100 Å². The first-order valence-corrected chi connectivity index (χ1v) is 5.63. The molecule has 1 fully saturated rings. The van der Waals surface area contributed by atoms with Crippen LogP contribution in [0, 0.1) is 0 Å². The third kappa shape index (κ3) is 3.16. The molecule has 5 heteroatoms. The predicted octanol–water partition coefficient (Wildman–Crippen LogP) is 0.682. The van der Waals surface area contributed by atoms with Gasteiger partial charge in [-0.25, -0.2) is 0 Å². The number of thiocarbonyl (C=S) groups is 1. The maximum Gasteiger partial charge on any atom is 0.169 e. The molecule has 0 radical (unpaired) electrons. The molecule has 86 valence electrons. The number of nitrogens with two attached hydrogens (primary N) is 1. The van der Waals surface area contributed by atoms with Gasteiger partial charge in [0.25, 0.3) is 0 Å². The zero-order chi connectivity index (χ0) is 11.4. The van der Waals surface area contributed by atoms with E-state index in [9.17, 15) is 0 Å². The van der Waals surface area contributed by atoms with Crippen LogP contribution in [0.1, 0.15) is 12.0 Å². The Balaban J connectivity index is 1.84. The third-order valence-corrected chi connectivity index (χ3v) is 2.61. The van der Waals surface area contributed by atoms with E-state index in [0.717, 1.165) is 5.56 Å². The zero-order valence-electron chi connectivity index (χ0n) is 8.85. The Morgan fingerprint density at radius 1 is 1.31 bits per heavy atom. The van der Waals surface area contributed by atoms with Crippen LogP contribution < -0.4 is 16.4 Å². The molecule has 0 aromatic heterocycles. The summed E-state index contributed by atoms with van der Waals surface area (Å²) in [6.45, 7) is 0.563. The van der Waals surface area contributed by atoms with Crippen LogP contribution in [0.2, 0.25) is 0 Å². The molecule has 0 amide bonds. The first-order valence-electron chi connectivity index (χ1n) is 5.22. The molecule has 4 N–H and O–H groups in total. The van der Waals surface area contributed by atoms with E-state index in [4.69, 9.17) is 22.7 Å². The standard InChI is InChI=1S/C11H15N3OS/c12-9-6-10(14-11(16)13-9)15-7-8-4-2-1-3-5-8/h1-5,9-10H,6-7,12H2,(H2,13,14,16). The van der Waals surface area contributed by atoms with Crippen molar-refractivity contribution in [2.75, 3.05) is 0 Å². The van der Waals surface area contributed by atoms with Gasteiger partial charge in [-0.2, -0.15) is 0 Å². The molecule has 1 aromatic rings. The highest BCUT2D eigenvalue weighted by molar-refractivity contribution is 7.80. The number of nitrogens with one attached hydrogen (secondary N) is 2. The third-order valence-electron chi connectivity index (χ3n) is 2.37. The molecule has 0 bridgehead atoms. The molecule has 1 aliphatic heterocycles. The van der Waals surface area contributed by atoms with E-state index in [0.29, 0.717) is 18.1 Å². The molecule has 0 spiro atoms. The van der Waals surface area contributed by atoms with Crippen molar-refractivity contribution in [3.63, 3.8) is 0 Å². The van der Waals surface area contributed by atoms with Crippen LogP contribution in [-0.4, -0.2) is 17.5 Å². The smallest absolute Gasteiger partial charge is 0.169 e. The lowest BCUT2D eigenvalue weighted by atomic mass is 10.2. The topological polar surface area (TPSA) is 59.3 Å². The van der Waals surface area contributed by atoms with Gasteiger partial charge in [0.2, 0.25) is 0 Å². The largest absolute Gasteiger partial charge is 0.354 e. The van der Waals surface area contributed by atoms with Crippen molar-refractivity contribution in [3.05, 3.63) is 35.9 Å². The van der Waals surface area contributed by atoms with Crippen LogP contribution in [-0.2, 0) is 11.3 Å². The highest BCUT2D eigenvalue weighted by Crippen LogP contribution is 2.07. The highest BCUT2D eigenvalue weighted by Gasteiger charge is 2.21. The van der Waals surface area contributed by atoms with E-state index >= 15 is 0 Å². The molecular formula is C11H15N3OS. The Morgan fingerprint density at radius 2 is 2.06 bits per heavy atom. The maximum atomic E-state index is 5.77. The summed E-state index contributed by atoms with van der Waals surface area (Å²) in [6.07, 6.45) is 0.464. The molecule has 16 heavy (non-hydrogen) atoms. The molecule has 1 aromatic carbocycles. The number of rotatable bonds is 3. The van der Waals surface area contributed by atoms with Gasteiger partial charge in [0.1, 0.15) is 6.23 Å². The van der Waals surface area contributed by atoms with E-state index in [1.54, 1.807) is 0 Å². The number of ether oxygens (including phenoxy) is 1. The SMILES string of the molecule is NC1CC(OCc2ccccc2)NC(=S)N1. The summed E-state index contributed by atoms with van der Waals surface area (Å²) in [7, 11) is 0. The minimum Gasteiger partial charge on any atom is -0.354 e. The summed E-state index contributed by atoms with van der Waals surface area (Å²) in [6, 6.07) is 10.0.